The second-order valence-electron chi connectivity index (χ2n) is 3.29. The van der Waals surface area contributed by atoms with Gasteiger partial charge in [-0.3, -0.25) is 0 Å². The zero-order valence-corrected chi connectivity index (χ0v) is 7.91. The molecule has 1 rings (SSSR count). The standard InChI is InChI=1S/C10H13N3/c1-8(2)7-12-10-5-3-4-9(6-11)13-10/h3-5,8H,7H2,1-2H3,(H,12,13). The van der Waals surface area contributed by atoms with Gasteiger partial charge in [0.25, 0.3) is 0 Å². The fourth-order valence-electron chi connectivity index (χ4n) is 0.904. The molecular weight excluding hydrogens is 162 g/mol. The zero-order chi connectivity index (χ0) is 9.68. The molecule has 13 heavy (non-hydrogen) atoms. The van der Waals surface area contributed by atoms with E-state index in [0.717, 1.165) is 12.4 Å². The first kappa shape index (κ1) is 9.53. The van der Waals surface area contributed by atoms with E-state index in [4.69, 9.17) is 5.26 Å². The Bertz CT molecular complexity index is 312. The van der Waals surface area contributed by atoms with E-state index in [0.29, 0.717) is 11.6 Å². The average molecular weight is 175 g/mol. The molecule has 1 N–H and O–H groups in total. The fraction of sp³-hybridized carbons (Fsp3) is 0.400. The minimum absolute atomic E-state index is 0.453. The Hall–Kier alpha value is -1.56. The number of rotatable bonds is 3. The first-order chi connectivity index (χ1) is 6.22. The number of hydrogen-bond donors (Lipinski definition) is 1. The normalized spacial score (nSPS) is 9.69. The van der Waals surface area contributed by atoms with Crippen LogP contribution in [-0.4, -0.2) is 11.5 Å². The molecule has 0 unspecified atom stereocenters. The van der Waals surface area contributed by atoms with Crippen molar-refractivity contribution in [2.45, 2.75) is 13.8 Å². The predicted octanol–water partition coefficient (Wildman–Crippen LogP) is 2.02. The van der Waals surface area contributed by atoms with Gasteiger partial charge in [-0.05, 0) is 18.1 Å². The molecule has 0 aliphatic rings. The molecule has 0 saturated heterocycles. The summed E-state index contributed by atoms with van der Waals surface area (Å²) in [6.45, 7) is 5.13. The van der Waals surface area contributed by atoms with Crippen LogP contribution in [0, 0.1) is 17.2 Å². The highest BCUT2D eigenvalue weighted by atomic mass is 15.0. The van der Waals surface area contributed by atoms with Gasteiger partial charge in [-0.2, -0.15) is 5.26 Å². The third-order valence-corrected chi connectivity index (χ3v) is 1.56. The summed E-state index contributed by atoms with van der Waals surface area (Å²) in [5.74, 6) is 1.35. The van der Waals surface area contributed by atoms with Gasteiger partial charge in [0.2, 0.25) is 0 Å². The van der Waals surface area contributed by atoms with E-state index in [1.807, 2.05) is 18.2 Å². The summed E-state index contributed by atoms with van der Waals surface area (Å²) in [7, 11) is 0. The molecule has 1 aromatic heterocycles. The fourth-order valence-corrected chi connectivity index (χ4v) is 0.904. The second kappa shape index (κ2) is 4.46. The average Bonchev–Trinajstić information content (AvgIpc) is 2.15. The van der Waals surface area contributed by atoms with Gasteiger partial charge in [-0.25, -0.2) is 4.98 Å². The SMILES string of the molecule is CC(C)CNc1cccc(C#N)n1. The van der Waals surface area contributed by atoms with Crippen LogP contribution in [0.3, 0.4) is 0 Å². The van der Waals surface area contributed by atoms with Crippen molar-refractivity contribution in [3.05, 3.63) is 23.9 Å². The Morgan fingerprint density at radius 1 is 1.54 bits per heavy atom. The van der Waals surface area contributed by atoms with Crippen molar-refractivity contribution in [3.63, 3.8) is 0 Å². The lowest BCUT2D eigenvalue weighted by molar-refractivity contribution is 0.687. The first-order valence-corrected chi connectivity index (χ1v) is 4.33. The van der Waals surface area contributed by atoms with Crippen LogP contribution < -0.4 is 5.32 Å². The molecule has 3 heteroatoms. The van der Waals surface area contributed by atoms with Gasteiger partial charge in [0.1, 0.15) is 17.6 Å². The third-order valence-electron chi connectivity index (χ3n) is 1.56. The van der Waals surface area contributed by atoms with Crippen LogP contribution in [0.4, 0.5) is 5.82 Å². The molecule has 0 aromatic carbocycles. The number of nitrogens with zero attached hydrogens (tertiary/aromatic N) is 2. The molecule has 0 radical (unpaired) electrons. The van der Waals surface area contributed by atoms with Crippen molar-refractivity contribution < 1.29 is 0 Å². The maximum Gasteiger partial charge on any atom is 0.142 e. The maximum atomic E-state index is 8.60. The molecule has 0 atom stereocenters. The largest absolute Gasteiger partial charge is 0.370 e. The summed E-state index contributed by atoms with van der Waals surface area (Å²) in [6.07, 6.45) is 0. The minimum Gasteiger partial charge on any atom is -0.370 e. The summed E-state index contributed by atoms with van der Waals surface area (Å²) in [5, 5.41) is 11.8. The molecule has 1 aromatic rings. The van der Waals surface area contributed by atoms with E-state index >= 15 is 0 Å². The van der Waals surface area contributed by atoms with Crippen LogP contribution in [0.5, 0.6) is 0 Å². The second-order valence-corrected chi connectivity index (χ2v) is 3.29. The van der Waals surface area contributed by atoms with Crippen molar-refractivity contribution in [3.8, 4) is 6.07 Å². The molecule has 0 fully saturated rings. The Morgan fingerprint density at radius 2 is 2.31 bits per heavy atom. The number of nitrogens with one attached hydrogen (secondary N) is 1. The topological polar surface area (TPSA) is 48.7 Å². The van der Waals surface area contributed by atoms with Gasteiger partial charge < -0.3 is 5.32 Å². The highest BCUT2D eigenvalue weighted by Crippen LogP contribution is 2.04. The van der Waals surface area contributed by atoms with Crippen LogP contribution in [0.15, 0.2) is 18.2 Å². The number of hydrogen-bond acceptors (Lipinski definition) is 3. The predicted molar refractivity (Wildman–Crippen MR) is 52.3 cm³/mol. The van der Waals surface area contributed by atoms with Gasteiger partial charge in [0.15, 0.2) is 0 Å². The first-order valence-electron chi connectivity index (χ1n) is 4.33. The number of anilines is 1. The monoisotopic (exact) mass is 175 g/mol. The van der Waals surface area contributed by atoms with Gasteiger partial charge in [0, 0.05) is 6.54 Å². The van der Waals surface area contributed by atoms with Crippen LogP contribution in [0.25, 0.3) is 0 Å². The zero-order valence-electron chi connectivity index (χ0n) is 7.91. The lowest BCUT2D eigenvalue weighted by Crippen LogP contribution is -2.09. The Morgan fingerprint density at radius 3 is 2.92 bits per heavy atom. The summed E-state index contributed by atoms with van der Waals surface area (Å²) in [4.78, 5) is 4.09. The quantitative estimate of drug-likeness (QED) is 0.764. The smallest absolute Gasteiger partial charge is 0.142 e. The van der Waals surface area contributed by atoms with E-state index < -0.39 is 0 Å². The molecule has 0 bridgehead atoms. The Kier molecular flexibility index (Phi) is 3.27. The molecule has 0 saturated carbocycles. The van der Waals surface area contributed by atoms with Crippen molar-refractivity contribution in [1.29, 1.82) is 5.26 Å². The van der Waals surface area contributed by atoms with Crippen molar-refractivity contribution in [1.82, 2.24) is 4.98 Å². The van der Waals surface area contributed by atoms with Gasteiger partial charge in [-0.1, -0.05) is 19.9 Å². The molecule has 0 spiro atoms. The van der Waals surface area contributed by atoms with Gasteiger partial charge >= 0.3 is 0 Å². The molecule has 0 amide bonds. The Labute approximate surface area is 78.4 Å². The van der Waals surface area contributed by atoms with E-state index in [2.05, 4.69) is 24.1 Å². The summed E-state index contributed by atoms with van der Waals surface area (Å²) < 4.78 is 0. The lowest BCUT2D eigenvalue weighted by atomic mass is 10.2. The summed E-state index contributed by atoms with van der Waals surface area (Å²) in [5.41, 5.74) is 0.453. The molecule has 0 aliphatic heterocycles. The van der Waals surface area contributed by atoms with Crippen LogP contribution in [0.2, 0.25) is 0 Å². The van der Waals surface area contributed by atoms with E-state index in [1.165, 1.54) is 0 Å². The third kappa shape index (κ3) is 3.12. The molecule has 3 nitrogen and oxygen atoms in total. The van der Waals surface area contributed by atoms with Crippen LogP contribution in [-0.2, 0) is 0 Å². The molecule has 68 valence electrons. The summed E-state index contributed by atoms with van der Waals surface area (Å²) >= 11 is 0. The van der Waals surface area contributed by atoms with Crippen molar-refractivity contribution >= 4 is 5.82 Å². The molecule has 1 heterocycles. The van der Waals surface area contributed by atoms with Gasteiger partial charge in [-0.15, -0.1) is 0 Å². The highest BCUT2D eigenvalue weighted by Gasteiger charge is 1.97. The summed E-state index contributed by atoms with van der Waals surface area (Å²) in [6, 6.07) is 7.39. The molecule has 0 aliphatic carbocycles. The van der Waals surface area contributed by atoms with Crippen molar-refractivity contribution in [2.75, 3.05) is 11.9 Å². The van der Waals surface area contributed by atoms with E-state index in [-0.39, 0.29) is 0 Å². The lowest BCUT2D eigenvalue weighted by Gasteiger charge is -2.07. The minimum atomic E-state index is 0.453. The van der Waals surface area contributed by atoms with E-state index in [9.17, 15) is 0 Å². The number of nitriles is 1. The Balaban J connectivity index is 2.63. The highest BCUT2D eigenvalue weighted by molar-refractivity contribution is 5.38. The number of aromatic nitrogens is 1. The van der Waals surface area contributed by atoms with Crippen LogP contribution >= 0.6 is 0 Å². The number of pyridine rings is 1. The van der Waals surface area contributed by atoms with E-state index in [1.54, 1.807) is 6.07 Å². The maximum absolute atomic E-state index is 8.60. The van der Waals surface area contributed by atoms with Crippen molar-refractivity contribution in [2.24, 2.45) is 5.92 Å². The van der Waals surface area contributed by atoms with Gasteiger partial charge in [0.05, 0.1) is 0 Å². The molecular formula is C10H13N3. The van der Waals surface area contributed by atoms with Crippen LogP contribution in [0.1, 0.15) is 19.5 Å².